The molecular weight excluding hydrogens is 388 g/mol. The Labute approximate surface area is 163 Å². The van der Waals surface area contributed by atoms with Crippen LogP contribution < -0.4 is 5.56 Å². The Morgan fingerprint density at radius 3 is 2.70 bits per heavy atom. The lowest BCUT2D eigenvalue weighted by Gasteiger charge is -2.11. The highest BCUT2D eigenvalue weighted by molar-refractivity contribution is 7.99. The zero-order valence-electron chi connectivity index (χ0n) is 14.1. The molecule has 0 saturated carbocycles. The molecule has 0 amide bonds. The highest BCUT2D eigenvalue weighted by Gasteiger charge is 2.15. The zero-order valence-corrected chi connectivity index (χ0v) is 15.6. The molecule has 3 rings (SSSR count). The van der Waals surface area contributed by atoms with Crippen molar-refractivity contribution in [2.45, 2.75) is 11.7 Å². The first kappa shape index (κ1) is 19.0. The molecular formula is C19H15ClN2O4S. The van der Waals surface area contributed by atoms with Crippen molar-refractivity contribution in [2.24, 2.45) is 0 Å². The van der Waals surface area contributed by atoms with Crippen LogP contribution in [0.15, 0.2) is 59.0 Å². The fourth-order valence-corrected chi connectivity index (χ4v) is 3.56. The standard InChI is InChI=1S/C19H15ClN2O4S/c1-2-7-22-18(26)13-9-12(20)4-5-14(13)21-19(22)27-10-17(25)11-3-6-15(23)16(24)8-11/h2-6,8-9,23-24H,1,7,10H2. The predicted octanol–water partition coefficient (Wildman–Crippen LogP) is 3.62. The van der Waals surface area contributed by atoms with Gasteiger partial charge in [0.25, 0.3) is 5.56 Å². The molecule has 0 saturated heterocycles. The Morgan fingerprint density at radius 2 is 2.00 bits per heavy atom. The van der Waals surface area contributed by atoms with Gasteiger partial charge in [-0.1, -0.05) is 29.4 Å². The molecule has 2 N–H and O–H groups in total. The summed E-state index contributed by atoms with van der Waals surface area (Å²) in [6, 6.07) is 8.73. The Morgan fingerprint density at radius 1 is 1.22 bits per heavy atom. The molecule has 0 atom stereocenters. The predicted molar refractivity (Wildman–Crippen MR) is 106 cm³/mol. The molecule has 0 bridgehead atoms. The normalized spacial score (nSPS) is 10.9. The smallest absolute Gasteiger partial charge is 0.262 e. The van der Waals surface area contributed by atoms with E-state index in [1.165, 1.54) is 22.8 Å². The van der Waals surface area contributed by atoms with Crippen molar-refractivity contribution in [3.63, 3.8) is 0 Å². The highest BCUT2D eigenvalue weighted by atomic mass is 35.5. The van der Waals surface area contributed by atoms with E-state index in [1.807, 2.05) is 0 Å². The fraction of sp³-hybridized carbons (Fsp3) is 0.105. The molecule has 2 aromatic carbocycles. The van der Waals surface area contributed by atoms with Gasteiger partial charge in [0.15, 0.2) is 22.4 Å². The number of ketones is 1. The molecule has 0 aliphatic heterocycles. The summed E-state index contributed by atoms with van der Waals surface area (Å²) in [6.45, 7) is 3.90. The third-order valence-electron chi connectivity index (χ3n) is 3.82. The molecule has 1 heterocycles. The number of halogens is 1. The lowest BCUT2D eigenvalue weighted by Crippen LogP contribution is -2.23. The monoisotopic (exact) mass is 402 g/mol. The lowest BCUT2D eigenvalue weighted by atomic mass is 10.1. The number of thioether (sulfide) groups is 1. The Balaban J connectivity index is 1.93. The van der Waals surface area contributed by atoms with Crippen molar-refractivity contribution < 1.29 is 15.0 Å². The lowest BCUT2D eigenvalue weighted by molar-refractivity contribution is 0.102. The van der Waals surface area contributed by atoms with Crippen LogP contribution in [0.4, 0.5) is 0 Å². The number of aromatic nitrogens is 2. The number of benzene rings is 2. The second-order valence-electron chi connectivity index (χ2n) is 5.68. The fourth-order valence-electron chi connectivity index (χ4n) is 2.48. The molecule has 6 nitrogen and oxygen atoms in total. The maximum Gasteiger partial charge on any atom is 0.262 e. The molecule has 0 radical (unpaired) electrons. The number of rotatable bonds is 6. The number of Topliss-reactive ketones (excluding diaryl/α,β-unsaturated/α-hetero) is 1. The van der Waals surface area contributed by atoms with Gasteiger partial charge >= 0.3 is 0 Å². The summed E-state index contributed by atoms with van der Waals surface area (Å²) in [5, 5.41) is 20.1. The third-order valence-corrected chi connectivity index (χ3v) is 5.03. The van der Waals surface area contributed by atoms with Gasteiger partial charge in [-0.25, -0.2) is 4.98 Å². The molecule has 0 aliphatic carbocycles. The van der Waals surface area contributed by atoms with Crippen molar-refractivity contribution in [1.29, 1.82) is 0 Å². The molecule has 0 spiro atoms. The molecule has 138 valence electrons. The quantitative estimate of drug-likeness (QED) is 0.215. The van der Waals surface area contributed by atoms with E-state index < -0.39 is 0 Å². The molecule has 27 heavy (non-hydrogen) atoms. The van der Waals surface area contributed by atoms with Crippen LogP contribution in [0.3, 0.4) is 0 Å². The largest absolute Gasteiger partial charge is 0.504 e. The molecule has 0 fully saturated rings. The van der Waals surface area contributed by atoms with Gasteiger partial charge < -0.3 is 10.2 Å². The van der Waals surface area contributed by atoms with Gasteiger partial charge in [0.2, 0.25) is 0 Å². The van der Waals surface area contributed by atoms with Crippen LogP contribution >= 0.6 is 23.4 Å². The van der Waals surface area contributed by atoms with Gasteiger partial charge in [0, 0.05) is 17.1 Å². The summed E-state index contributed by atoms with van der Waals surface area (Å²) in [4.78, 5) is 29.6. The Kier molecular flexibility index (Phi) is 5.53. The van der Waals surface area contributed by atoms with Gasteiger partial charge in [-0.2, -0.15) is 0 Å². The number of hydrogen-bond acceptors (Lipinski definition) is 6. The first-order valence-electron chi connectivity index (χ1n) is 7.89. The van der Waals surface area contributed by atoms with Crippen LogP contribution in [-0.4, -0.2) is 31.3 Å². The number of fused-ring (bicyclic) bond motifs is 1. The number of carbonyl (C=O) groups is 1. The summed E-state index contributed by atoms with van der Waals surface area (Å²) >= 11 is 7.08. The van der Waals surface area contributed by atoms with Crippen LogP contribution in [0.2, 0.25) is 5.02 Å². The summed E-state index contributed by atoms with van der Waals surface area (Å²) in [6.07, 6.45) is 1.57. The van der Waals surface area contributed by atoms with E-state index in [2.05, 4.69) is 11.6 Å². The molecule has 0 aliphatic rings. The molecule has 0 unspecified atom stereocenters. The van der Waals surface area contributed by atoms with Gasteiger partial charge in [-0.05, 0) is 36.4 Å². The van der Waals surface area contributed by atoms with Crippen molar-refractivity contribution >= 4 is 40.0 Å². The molecule has 1 aromatic heterocycles. The molecule has 8 heteroatoms. The van der Waals surface area contributed by atoms with Crippen LogP contribution in [0.5, 0.6) is 11.5 Å². The van der Waals surface area contributed by atoms with Gasteiger partial charge in [0.05, 0.1) is 16.7 Å². The van der Waals surface area contributed by atoms with E-state index in [4.69, 9.17) is 11.6 Å². The van der Waals surface area contributed by atoms with Crippen LogP contribution in [0, 0.1) is 0 Å². The number of aromatic hydroxyl groups is 2. The third kappa shape index (κ3) is 3.99. The second kappa shape index (κ2) is 7.85. The Hall–Kier alpha value is -2.77. The van der Waals surface area contributed by atoms with E-state index in [0.717, 1.165) is 11.8 Å². The highest BCUT2D eigenvalue weighted by Crippen LogP contribution is 2.26. The number of phenols is 2. The Bertz CT molecular complexity index is 1110. The number of allylic oxidation sites excluding steroid dienone is 1. The maximum atomic E-state index is 12.7. The van der Waals surface area contributed by atoms with Gasteiger partial charge in [0.1, 0.15) is 0 Å². The van der Waals surface area contributed by atoms with Crippen molar-refractivity contribution in [1.82, 2.24) is 9.55 Å². The first-order chi connectivity index (χ1) is 12.9. The number of carbonyl (C=O) groups excluding carboxylic acids is 1. The van der Waals surface area contributed by atoms with Crippen LogP contribution in [-0.2, 0) is 6.54 Å². The van der Waals surface area contributed by atoms with Crippen molar-refractivity contribution in [3.8, 4) is 11.5 Å². The average molecular weight is 403 g/mol. The maximum absolute atomic E-state index is 12.7. The number of phenolic OH excluding ortho intramolecular Hbond substituents is 2. The second-order valence-corrected chi connectivity index (χ2v) is 7.05. The van der Waals surface area contributed by atoms with Gasteiger partial charge in [-0.15, -0.1) is 6.58 Å². The van der Waals surface area contributed by atoms with Crippen molar-refractivity contribution in [3.05, 3.63) is 70.0 Å². The van der Waals surface area contributed by atoms with E-state index in [-0.39, 0.29) is 40.7 Å². The van der Waals surface area contributed by atoms with Gasteiger partial charge in [-0.3, -0.25) is 14.2 Å². The average Bonchev–Trinajstić information content (AvgIpc) is 2.65. The first-order valence-corrected chi connectivity index (χ1v) is 9.26. The summed E-state index contributed by atoms with van der Waals surface area (Å²) in [5.74, 6) is -0.928. The number of hydrogen-bond donors (Lipinski definition) is 2. The minimum absolute atomic E-state index is 0.00684. The van der Waals surface area contributed by atoms with E-state index in [9.17, 15) is 19.8 Å². The SMILES string of the molecule is C=CCn1c(SCC(=O)c2ccc(O)c(O)c2)nc2ccc(Cl)cc2c1=O. The van der Waals surface area contributed by atoms with E-state index in [1.54, 1.807) is 24.3 Å². The summed E-state index contributed by atoms with van der Waals surface area (Å²) < 4.78 is 1.43. The zero-order chi connectivity index (χ0) is 19.6. The van der Waals surface area contributed by atoms with E-state index >= 15 is 0 Å². The topological polar surface area (TPSA) is 92.4 Å². The number of nitrogens with zero attached hydrogens (tertiary/aromatic N) is 2. The minimum Gasteiger partial charge on any atom is -0.504 e. The summed E-state index contributed by atoms with van der Waals surface area (Å²) in [5.41, 5.74) is 0.476. The van der Waals surface area contributed by atoms with Crippen molar-refractivity contribution in [2.75, 3.05) is 5.75 Å². The van der Waals surface area contributed by atoms with Crippen LogP contribution in [0.1, 0.15) is 10.4 Å². The minimum atomic E-state index is -0.366. The van der Waals surface area contributed by atoms with E-state index in [0.29, 0.717) is 21.1 Å². The molecule has 3 aromatic rings. The van der Waals surface area contributed by atoms with Crippen LogP contribution in [0.25, 0.3) is 10.9 Å². The summed E-state index contributed by atoms with van der Waals surface area (Å²) in [7, 11) is 0.